The fourth-order valence-electron chi connectivity index (χ4n) is 2.99. The number of nitrogens with zero attached hydrogens (tertiary/aromatic N) is 4. The zero-order valence-electron chi connectivity index (χ0n) is 12.4. The lowest BCUT2D eigenvalue weighted by Crippen LogP contribution is -2.37. The van der Waals surface area contributed by atoms with Crippen LogP contribution in [0.3, 0.4) is 0 Å². The van der Waals surface area contributed by atoms with Crippen LogP contribution in [0, 0.1) is 0 Å². The minimum Gasteiger partial charge on any atom is -0.338 e. The summed E-state index contributed by atoms with van der Waals surface area (Å²) < 4.78 is 0. The maximum Gasteiger partial charge on any atom is 0.227 e. The maximum absolute atomic E-state index is 12.5. The maximum atomic E-state index is 12.5. The number of nitrogens with one attached hydrogen (secondary N) is 1. The molecule has 4 rings (SSSR count). The van der Waals surface area contributed by atoms with Crippen LogP contribution in [-0.2, 0) is 24.2 Å². The fourth-order valence-corrected chi connectivity index (χ4v) is 3.66. The lowest BCUT2D eigenvalue weighted by molar-refractivity contribution is -0.131. The van der Waals surface area contributed by atoms with Crippen molar-refractivity contribution < 1.29 is 4.79 Å². The van der Waals surface area contributed by atoms with Crippen molar-refractivity contribution in [2.75, 3.05) is 6.54 Å². The molecule has 1 aromatic carbocycles. The van der Waals surface area contributed by atoms with E-state index in [9.17, 15) is 4.79 Å². The summed E-state index contributed by atoms with van der Waals surface area (Å²) >= 11 is 1.62. The van der Waals surface area contributed by atoms with E-state index in [0.717, 1.165) is 29.7 Å². The van der Waals surface area contributed by atoms with Crippen LogP contribution in [0.5, 0.6) is 0 Å². The molecule has 1 aliphatic rings. The third kappa shape index (κ3) is 2.75. The second kappa shape index (κ2) is 5.92. The molecule has 0 aliphatic carbocycles. The predicted molar refractivity (Wildman–Crippen MR) is 86.8 cm³/mol. The quantitative estimate of drug-likeness (QED) is 0.800. The van der Waals surface area contributed by atoms with Gasteiger partial charge in [0, 0.05) is 18.7 Å². The van der Waals surface area contributed by atoms with Crippen molar-refractivity contribution >= 4 is 17.2 Å². The molecule has 0 saturated heterocycles. The Labute approximate surface area is 137 Å². The number of carbonyl (C=O) groups is 1. The highest BCUT2D eigenvalue weighted by Gasteiger charge is 2.23. The van der Waals surface area contributed by atoms with E-state index in [1.807, 2.05) is 33.9 Å². The van der Waals surface area contributed by atoms with Gasteiger partial charge in [-0.3, -0.25) is 4.79 Å². The Morgan fingerprint density at radius 1 is 1.35 bits per heavy atom. The largest absolute Gasteiger partial charge is 0.338 e. The molecular weight excluding hydrogens is 310 g/mol. The molecule has 7 heteroatoms. The summed E-state index contributed by atoms with van der Waals surface area (Å²) in [5, 5.41) is 18.3. The highest BCUT2D eigenvalue weighted by molar-refractivity contribution is 7.08. The molecule has 0 saturated carbocycles. The van der Waals surface area contributed by atoms with Gasteiger partial charge in [-0.2, -0.15) is 16.6 Å². The summed E-state index contributed by atoms with van der Waals surface area (Å²) in [6.45, 7) is 1.37. The first-order valence-corrected chi connectivity index (χ1v) is 8.39. The molecule has 1 N–H and O–H groups in total. The van der Waals surface area contributed by atoms with Crippen LogP contribution >= 0.6 is 11.3 Å². The van der Waals surface area contributed by atoms with Gasteiger partial charge in [-0.05, 0) is 45.2 Å². The molecule has 1 aliphatic heterocycles. The number of fused-ring (bicyclic) bond motifs is 1. The van der Waals surface area contributed by atoms with Crippen LogP contribution in [-0.4, -0.2) is 38.0 Å². The van der Waals surface area contributed by atoms with Crippen molar-refractivity contribution in [2.45, 2.75) is 19.4 Å². The molecule has 6 nitrogen and oxygen atoms in total. The first-order chi connectivity index (χ1) is 11.3. The fraction of sp³-hybridized carbons (Fsp3) is 0.250. The molecule has 0 unspecified atom stereocenters. The van der Waals surface area contributed by atoms with Crippen LogP contribution in [0.15, 0.2) is 35.0 Å². The van der Waals surface area contributed by atoms with Gasteiger partial charge in [-0.1, -0.05) is 18.2 Å². The number of thiophene rings is 1. The van der Waals surface area contributed by atoms with E-state index >= 15 is 0 Å². The summed E-state index contributed by atoms with van der Waals surface area (Å²) in [6, 6.07) is 8.07. The standard InChI is InChI=1S/C16H15N5OS/c22-15(8-11-5-7-23-10-11)21-6-4-13-12(9-21)2-1-3-14(13)16-17-19-20-18-16/h1-3,5,7,10H,4,6,8-9H2,(H,17,18,19,20). The Hall–Kier alpha value is -2.54. The minimum absolute atomic E-state index is 0.180. The molecule has 0 spiro atoms. The summed E-state index contributed by atoms with van der Waals surface area (Å²) in [7, 11) is 0. The Morgan fingerprint density at radius 2 is 2.30 bits per heavy atom. The molecule has 0 radical (unpaired) electrons. The molecule has 0 atom stereocenters. The number of hydrogen-bond donors (Lipinski definition) is 1. The van der Waals surface area contributed by atoms with Crippen LogP contribution in [0.2, 0.25) is 0 Å². The van der Waals surface area contributed by atoms with Crippen molar-refractivity contribution in [3.8, 4) is 11.4 Å². The number of H-pyrrole nitrogens is 1. The average Bonchev–Trinajstić information content (AvgIpc) is 3.27. The predicted octanol–water partition coefficient (Wildman–Crippen LogP) is 2.06. The Balaban J connectivity index is 1.56. The number of rotatable bonds is 3. The van der Waals surface area contributed by atoms with Gasteiger partial charge in [0.2, 0.25) is 11.7 Å². The van der Waals surface area contributed by atoms with Crippen LogP contribution in [0.4, 0.5) is 0 Å². The minimum atomic E-state index is 0.180. The summed E-state index contributed by atoms with van der Waals surface area (Å²) in [5.41, 5.74) is 4.47. The first kappa shape index (κ1) is 14.1. The lowest BCUT2D eigenvalue weighted by atomic mass is 9.94. The number of amides is 1. The Kier molecular flexibility index (Phi) is 3.63. The second-order valence-electron chi connectivity index (χ2n) is 5.55. The summed E-state index contributed by atoms with van der Waals surface area (Å²) in [6.07, 6.45) is 1.29. The SMILES string of the molecule is O=C(Cc1ccsc1)N1CCc2c(cccc2-c2nn[nH]n2)C1. The van der Waals surface area contributed by atoms with Gasteiger partial charge in [0.1, 0.15) is 0 Å². The molecule has 116 valence electrons. The van der Waals surface area contributed by atoms with Crippen molar-refractivity contribution in [1.82, 2.24) is 25.5 Å². The van der Waals surface area contributed by atoms with E-state index in [0.29, 0.717) is 18.8 Å². The molecule has 23 heavy (non-hydrogen) atoms. The second-order valence-corrected chi connectivity index (χ2v) is 6.33. The van der Waals surface area contributed by atoms with Gasteiger partial charge in [0.15, 0.2) is 0 Å². The van der Waals surface area contributed by atoms with E-state index < -0.39 is 0 Å². The van der Waals surface area contributed by atoms with E-state index in [1.165, 1.54) is 5.56 Å². The van der Waals surface area contributed by atoms with E-state index in [2.05, 4.69) is 26.7 Å². The summed E-state index contributed by atoms with van der Waals surface area (Å²) in [5.74, 6) is 0.791. The molecule has 0 fully saturated rings. The van der Waals surface area contributed by atoms with E-state index in [4.69, 9.17) is 0 Å². The topological polar surface area (TPSA) is 74.8 Å². The highest BCUT2D eigenvalue weighted by atomic mass is 32.1. The van der Waals surface area contributed by atoms with Crippen molar-refractivity contribution in [3.05, 3.63) is 51.7 Å². The van der Waals surface area contributed by atoms with Crippen molar-refractivity contribution in [2.24, 2.45) is 0 Å². The van der Waals surface area contributed by atoms with Crippen molar-refractivity contribution in [1.29, 1.82) is 0 Å². The Morgan fingerprint density at radius 3 is 3.09 bits per heavy atom. The Bertz CT molecular complexity index is 813. The van der Waals surface area contributed by atoms with Gasteiger partial charge in [-0.25, -0.2) is 0 Å². The zero-order valence-corrected chi connectivity index (χ0v) is 13.2. The van der Waals surface area contributed by atoms with Crippen molar-refractivity contribution in [3.63, 3.8) is 0 Å². The molecule has 3 aromatic rings. The normalized spacial score (nSPS) is 13.8. The highest BCUT2D eigenvalue weighted by Crippen LogP contribution is 2.28. The van der Waals surface area contributed by atoms with Gasteiger partial charge in [-0.15, -0.1) is 10.2 Å². The van der Waals surface area contributed by atoms with Gasteiger partial charge in [0.25, 0.3) is 0 Å². The molecular formula is C16H15N5OS. The zero-order chi connectivity index (χ0) is 15.6. The van der Waals surface area contributed by atoms with E-state index in [1.54, 1.807) is 11.3 Å². The third-order valence-corrected chi connectivity index (χ3v) is 4.87. The number of tetrazole rings is 1. The monoisotopic (exact) mass is 325 g/mol. The number of hydrogen-bond acceptors (Lipinski definition) is 5. The van der Waals surface area contributed by atoms with Crippen LogP contribution in [0.25, 0.3) is 11.4 Å². The molecule has 1 amide bonds. The van der Waals surface area contributed by atoms with E-state index in [-0.39, 0.29) is 5.91 Å². The van der Waals surface area contributed by atoms with Gasteiger partial charge < -0.3 is 4.90 Å². The number of carbonyl (C=O) groups excluding carboxylic acids is 1. The number of aromatic amines is 1. The van der Waals surface area contributed by atoms with Crippen LogP contribution in [0.1, 0.15) is 16.7 Å². The smallest absolute Gasteiger partial charge is 0.227 e. The number of benzene rings is 1. The molecule has 2 aromatic heterocycles. The van der Waals surface area contributed by atoms with Crippen LogP contribution < -0.4 is 0 Å². The third-order valence-electron chi connectivity index (χ3n) is 4.14. The molecule has 0 bridgehead atoms. The summed E-state index contributed by atoms with van der Waals surface area (Å²) in [4.78, 5) is 14.4. The van der Waals surface area contributed by atoms with Gasteiger partial charge >= 0.3 is 0 Å². The average molecular weight is 325 g/mol. The first-order valence-electron chi connectivity index (χ1n) is 7.44. The lowest BCUT2D eigenvalue weighted by Gasteiger charge is -2.30. The van der Waals surface area contributed by atoms with Gasteiger partial charge in [0.05, 0.1) is 6.42 Å². The molecule has 3 heterocycles. The number of aromatic nitrogens is 4.